The highest BCUT2D eigenvalue weighted by molar-refractivity contribution is 5.91. The Kier molecular flexibility index (Phi) is 5.95. The first-order valence-electron chi connectivity index (χ1n) is 8.96. The van der Waals surface area contributed by atoms with Gasteiger partial charge in [-0.2, -0.15) is 0 Å². The van der Waals surface area contributed by atoms with Crippen LogP contribution in [0, 0.1) is 0 Å². The third-order valence-corrected chi connectivity index (χ3v) is 4.82. The van der Waals surface area contributed by atoms with Crippen LogP contribution < -0.4 is 14.8 Å². The van der Waals surface area contributed by atoms with Crippen LogP contribution >= 0.6 is 0 Å². The Morgan fingerprint density at radius 2 is 1.88 bits per heavy atom. The minimum absolute atomic E-state index is 0.0881. The molecule has 1 unspecified atom stereocenters. The van der Waals surface area contributed by atoms with Gasteiger partial charge in [-0.3, -0.25) is 4.79 Å². The fraction of sp³-hybridized carbons (Fsp3) is 0.318. The van der Waals surface area contributed by atoms with E-state index in [0.29, 0.717) is 24.0 Å². The number of nitrogens with one attached hydrogen (secondary N) is 1. The number of amides is 1. The predicted molar refractivity (Wildman–Crippen MR) is 104 cm³/mol. The smallest absolute Gasteiger partial charge is 0.244 e. The summed E-state index contributed by atoms with van der Waals surface area (Å²) in [6.07, 6.45) is 6.77. The molecule has 2 aromatic rings. The number of hydrogen-bond acceptors (Lipinski definition) is 3. The van der Waals surface area contributed by atoms with Crippen molar-refractivity contribution in [3.05, 3.63) is 65.2 Å². The molecule has 0 aromatic heterocycles. The van der Waals surface area contributed by atoms with Crippen LogP contribution in [0.25, 0.3) is 6.08 Å². The lowest BCUT2D eigenvalue weighted by Gasteiger charge is -2.25. The largest absolute Gasteiger partial charge is 0.497 e. The first-order valence-corrected chi connectivity index (χ1v) is 8.96. The van der Waals surface area contributed by atoms with Crippen LogP contribution in [0.5, 0.6) is 11.5 Å². The second-order valence-corrected chi connectivity index (χ2v) is 6.51. The number of carbonyl (C=O) groups is 1. The zero-order chi connectivity index (χ0) is 18.4. The van der Waals surface area contributed by atoms with Gasteiger partial charge in [-0.1, -0.05) is 24.3 Å². The highest BCUT2D eigenvalue weighted by Gasteiger charge is 2.19. The lowest BCUT2D eigenvalue weighted by Crippen LogP contribution is -2.28. The van der Waals surface area contributed by atoms with Crippen molar-refractivity contribution in [2.75, 3.05) is 20.8 Å². The quantitative estimate of drug-likeness (QED) is 0.802. The molecule has 26 heavy (non-hydrogen) atoms. The average Bonchev–Trinajstić information content (AvgIpc) is 2.70. The number of hydrogen-bond donors (Lipinski definition) is 1. The molecule has 0 spiro atoms. The van der Waals surface area contributed by atoms with E-state index in [4.69, 9.17) is 9.47 Å². The Bertz CT molecular complexity index is 775. The molecule has 2 aromatic carbocycles. The molecule has 1 amide bonds. The lowest BCUT2D eigenvalue weighted by molar-refractivity contribution is -0.116. The molecule has 0 aliphatic heterocycles. The summed E-state index contributed by atoms with van der Waals surface area (Å²) < 4.78 is 10.5. The number of carbonyl (C=O) groups excluding carboxylic acids is 1. The maximum Gasteiger partial charge on any atom is 0.244 e. The molecule has 4 nitrogen and oxygen atoms in total. The fourth-order valence-electron chi connectivity index (χ4n) is 3.45. The van der Waals surface area contributed by atoms with Crippen LogP contribution in [-0.4, -0.2) is 26.7 Å². The molecule has 0 radical (unpaired) electrons. The van der Waals surface area contributed by atoms with Crippen LogP contribution in [0.4, 0.5) is 0 Å². The summed E-state index contributed by atoms with van der Waals surface area (Å²) in [7, 11) is 3.22. The van der Waals surface area contributed by atoms with E-state index in [1.807, 2.05) is 12.1 Å². The van der Waals surface area contributed by atoms with E-state index in [9.17, 15) is 4.79 Å². The Morgan fingerprint density at radius 1 is 1.15 bits per heavy atom. The van der Waals surface area contributed by atoms with Crippen molar-refractivity contribution in [2.45, 2.75) is 25.2 Å². The predicted octanol–water partition coefficient (Wildman–Crippen LogP) is 3.95. The zero-order valence-electron chi connectivity index (χ0n) is 15.3. The van der Waals surface area contributed by atoms with E-state index < -0.39 is 0 Å². The van der Waals surface area contributed by atoms with Gasteiger partial charge in [0.2, 0.25) is 5.91 Å². The summed E-state index contributed by atoms with van der Waals surface area (Å²) in [5.74, 6) is 1.70. The highest BCUT2D eigenvalue weighted by atomic mass is 16.5. The SMILES string of the molecule is COc1cc(/C=C/C(=O)NCC2CCCc3ccccc32)cc(OC)c1. The first kappa shape index (κ1) is 18.1. The van der Waals surface area contributed by atoms with Crippen molar-refractivity contribution < 1.29 is 14.3 Å². The fourth-order valence-corrected chi connectivity index (χ4v) is 3.45. The second kappa shape index (κ2) is 8.56. The van der Waals surface area contributed by atoms with E-state index in [1.54, 1.807) is 32.4 Å². The topological polar surface area (TPSA) is 47.6 Å². The molecular formula is C22H25NO3. The van der Waals surface area contributed by atoms with Gasteiger partial charge < -0.3 is 14.8 Å². The Hall–Kier alpha value is -2.75. The van der Waals surface area contributed by atoms with Gasteiger partial charge in [0, 0.05) is 24.6 Å². The van der Waals surface area contributed by atoms with Crippen LogP contribution in [0.3, 0.4) is 0 Å². The number of methoxy groups -OCH3 is 2. The number of fused-ring (bicyclic) bond motifs is 1. The van der Waals surface area contributed by atoms with Gasteiger partial charge in [-0.05, 0) is 54.2 Å². The monoisotopic (exact) mass is 351 g/mol. The standard InChI is InChI=1S/C22H25NO3/c1-25-19-12-16(13-20(14-19)26-2)10-11-22(24)23-15-18-8-5-7-17-6-3-4-9-21(17)18/h3-4,6,9-14,18H,5,7-8,15H2,1-2H3,(H,23,24)/b11-10+. The molecular weight excluding hydrogens is 326 g/mol. The summed E-state index contributed by atoms with van der Waals surface area (Å²) in [4.78, 5) is 12.2. The van der Waals surface area contributed by atoms with E-state index in [1.165, 1.54) is 17.5 Å². The lowest BCUT2D eigenvalue weighted by atomic mass is 9.83. The van der Waals surface area contributed by atoms with Crippen LogP contribution in [0.1, 0.15) is 35.4 Å². The number of ether oxygens (including phenoxy) is 2. The number of benzene rings is 2. The number of aryl methyl sites for hydroxylation is 1. The Balaban J connectivity index is 1.61. The van der Waals surface area contributed by atoms with Crippen molar-refractivity contribution in [1.82, 2.24) is 5.32 Å². The zero-order valence-corrected chi connectivity index (χ0v) is 15.3. The van der Waals surface area contributed by atoms with E-state index in [2.05, 4.69) is 29.6 Å². The van der Waals surface area contributed by atoms with E-state index in [0.717, 1.165) is 18.4 Å². The maximum atomic E-state index is 12.2. The van der Waals surface area contributed by atoms with Gasteiger partial charge in [-0.15, -0.1) is 0 Å². The maximum absolute atomic E-state index is 12.2. The van der Waals surface area contributed by atoms with Gasteiger partial charge >= 0.3 is 0 Å². The van der Waals surface area contributed by atoms with Crippen LogP contribution in [0.2, 0.25) is 0 Å². The normalized spacial score (nSPS) is 16.2. The van der Waals surface area contributed by atoms with Crippen molar-refractivity contribution in [3.8, 4) is 11.5 Å². The van der Waals surface area contributed by atoms with Crippen LogP contribution in [-0.2, 0) is 11.2 Å². The van der Waals surface area contributed by atoms with Gasteiger partial charge in [0.25, 0.3) is 0 Å². The Morgan fingerprint density at radius 3 is 2.62 bits per heavy atom. The van der Waals surface area contributed by atoms with E-state index >= 15 is 0 Å². The molecule has 0 fully saturated rings. The van der Waals surface area contributed by atoms with Crippen molar-refractivity contribution in [3.63, 3.8) is 0 Å². The third-order valence-electron chi connectivity index (χ3n) is 4.82. The van der Waals surface area contributed by atoms with Gasteiger partial charge in [-0.25, -0.2) is 0 Å². The van der Waals surface area contributed by atoms with E-state index in [-0.39, 0.29) is 5.91 Å². The molecule has 0 saturated carbocycles. The van der Waals surface area contributed by atoms with Gasteiger partial charge in [0.1, 0.15) is 11.5 Å². The van der Waals surface area contributed by atoms with Crippen molar-refractivity contribution in [1.29, 1.82) is 0 Å². The minimum atomic E-state index is -0.0881. The summed E-state index contributed by atoms with van der Waals surface area (Å²) in [5, 5.41) is 3.03. The molecule has 136 valence electrons. The first-order chi connectivity index (χ1) is 12.7. The summed E-state index contributed by atoms with van der Waals surface area (Å²) in [5.41, 5.74) is 3.65. The molecule has 1 N–H and O–H groups in total. The highest BCUT2D eigenvalue weighted by Crippen LogP contribution is 2.30. The average molecular weight is 351 g/mol. The molecule has 1 aliphatic rings. The minimum Gasteiger partial charge on any atom is -0.497 e. The second-order valence-electron chi connectivity index (χ2n) is 6.51. The van der Waals surface area contributed by atoms with Gasteiger partial charge in [0.05, 0.1) is 14.2 Å². The van der Waals surface area contributed by atoms with Crippen molar-refractivity contribution >= 4 is 12.0 Å². The summed E-state index contributed by atoms with van der Waals surface area (Å²) >= 11 is 0. The molecule has 0 saturated heterocycles. The third kappa shape index (κ3) is 4.45. The summed E-state index contributed by atoms with van der Waals surface area (Å²) in [6.45, 7) is 0.668. The molecule has 0 heterocycles. The van der Waals surface area contributed by atoms with Crippen LogP contribution in [0.15, 0.2) is 48.5 Å². The molecule has 1 aliphatic carbocycles. The molecule has 0 bridgehead atoms. The molecule has 3 rings (SSSR count). The van der Waals surface area contributed by atoms with Crippen molar-refractivity contribution in [2.24, 2.45) is 0 Å². The summed E-state index contributed by atoms with van der Waals surface area (Å²) in [6, 6.07) is 14.1. The Labute approximate surface area is 154 Å². The molecule has 4 heteroatoms. The number of rotatable bonds is 6. The van der Waals surface area contributed by atoms with Gasteiger partial charge in [0.15, 0.2) is 0 Å². The molecule has 1 atom stereocenters.